The molecular weight excluding hydrogens is 424 g/mol. The molecule has 4 rings (SSSR count). The van der Waals surface area contributed by atoms with Crippen molar-refractivity contribution in [3.63, 3.8) is 0 Å². The normalized spacial score (nSPS) is 15.0. The maximum atomic E-state index is 11.1. The van der Waals surface area contributed by atoms with Crippen molar-refractivity contribution in [1.29, 1.82) is 0 Å². The Morgan fingerprint density at radius 1 is 1.18 bits per heavy atom. The van der Waals surface area contributed by atoms with Crippen LogP contribution in [0.4, 0.5) is 11.7 Å². The van der Waals surface area contributed by atoms with Crippen LogP contribution in [0.25, 0.3) is 11.1 Å². The number of nitrogens with zero attached hydrogens (tertiary/aromatic N) is 2. The first-order chi connectivity index (χ1) is 16.0. The number of nitrogens with one attached hydrogen (secondary N) is 1. The van der Waals surface area contributed by atoms with Gasteiger partial charge >= 0.3 is 5.97 Å². The van der Waals surface area contributed by atoms with Gasteiger partial charge in [-0.25, -0.2) is 4.79 Å². The Labute approximate surface area is 192 Å². The van der Waals surface area contributed by atoms with Crippen molar-refractivity contribution in [2.24, 2.45) is 0 Å². The van der Waals surface area contributed by atoms with Gasteiger partial charge in [-0.3, -0.25) is 4.90 Å². The third-order valence-electron chi connectivity index (χ3n) is 5.72. The number of hydrogen-bond donors (Lipinski definition) is 3. The predicted molar refractivity (Wildman–Crippen MR) is 126 cm³/mol. The molecule has 2 aromatic carbocycles. The van der Waals surface area contributed by atoms with Gasteiger partial charge < -0.3 is 30.0 Å². The number of hydrogen-bond acceptors (Lipinski definition) is 8. The highest BCUT2D eigenvalue weighted by Crippen LogP contribution is 2.34. The Morgan fingerprint density at radius 3 is 2.45 bits per heavy atom. The lowest BCUT2D eigenvalue weighted by atomic mass is 10.0. The Morgan fingerprint density at radius 2 is 1.85 bits per heavy atom. The van der Waals surface area contributed by atoms with E-state index in [0.717, 1.165) is 38.0 Å². The molecule has 0 atom stereocenters. The van der Waals surface area contributed by atoms with Crippen LogP contribution in [0.1, 0.15) is 42.6 Å². The summed E-state index contributed by atoms with van der Waals surface area (Å²) in [5.74, 6) is 0.340. The molecule has 1 aliphatic heterocycles. The van der Waals surface area contributed by atoms with Gasteiger partial charge in [-0.2, -0.15) is 4.98 Å². The number of aromatic nitrogens is 1. The number of oxazole rings is 1. The second-order valence-electron chi connectivity index (χ2n) is 8.07. The predicted octanol–water partition coefficient (Wildman–Crippen LogP) is 3.98. The molecule has 3 aromatic rings. The van der Waals surface area contributed by atoms with Crippen molar-refractivity contribution >= 4 is 28.8 Å². The molecule has 4 N–H and O–H groups in total. The van der Waals surface area contributed by atoms with Crippen molar-refractivity contribution in [2.45, 2.75) is 39.3 Å². The topological polar surface area (TPSA) is 123 Å². The van der Waals surface area contributed by atoms with Crippen LogP contribution in [-0.2, 0) is 6.54 Å². The number of carbonyl (C=O) groups is 1. The summed E-state index contributed by atoms with van der Waals surface area (Å²) in [6.07, 6.45) is 1.87. The maximum absolute atomic E-state index is 11.1. The van der Waals surface area contributed by atoms with Crippen LogP contribution >= 0.6 is 0 Å². The molecule has 0 spiro atoms. The summed E-state index contributed by atoms with van der Waals surface area (Å²) in [5, 5.41) is 12.5. The summed E-state index contributed by atoms with van der Waals surface area (Å²) in [4.78, 5) is 18.0. The number of anilines is 2. The lowest BCUT2D eigenvalue weighted by Crippen LogP contribution is -2.38. The minimum atomic E-state index is -0.988. The number of piperidine rings is 1. The van der Waals surface area contributed by atoms with E-state index in [1.165, 1.54) is 12.1 Å². The van der Waals surface area contributed by atoms with Crippen molar-refractivity contribution < 1.29 is 23.8 Å². The van der Waals surface area contributed by atoms with Crippen molar-refractivity contribution in [1.82, 2.24) is 9.88 Å². The molecule has 1 aromatic heterocycles. The number of carboxylic acids is 1. The zero-order chi connectivity index (χ0) is 23.4. The molecule has 1 fully saturated rings. The van der Waals surface area contributed by atoms with Crippen LogP contribution in [0.15, 0.2) is 34.7 Å². The fourth-order valence-electron chi connectivity index (χ4n) is 4.08. The molecule has 1 saturated heterocycles. The average Bonchev–Trinajstić information content (AvgIpc) is 3.20. The SMILES string of the molecule is CCOc1cc(CN2CCC(Nc3nc4ccc(C(=O)O)cc4o3)CC2)cc(OCC)c1N. The molecule has 0 unspecified atom stereocenters. The van der Waals surface area contributed by atoms with Gasteiger partial charge in [0.05, 0.1) is 18.8 Å². The molecule has 0 radical (unpaired) electrons. The largest absolute Gasteiger partial charge is 0.492 e. The molecule has 9 nitrogen and oxygen atoms in total. The maximum Gasteiger partial charge on any atom is 0.335 e. The average molecular weight is 455 g/mol. The number of benzene rings is 2. The molecule has 0 saturated carbocycles. The van der Waals surface area contributed by atoms with E-state index in [1.54, 1.807) is 6.07 Å². The zero-order valence-electron chi connectivity index (χ0n) is 19.0. The summed E-state index contributed by atoms with van der Waals surface area (Å²) in [5.41, 5.74) is 9.12. The lowest BCUT2D eigenvalue weighted by Gasteiger charge is -2.32. The van der Waals surface area contributed by atoms with Gasteiger partial charge in [-0.1, -0.05) is 0 Å². The summed E-state index contributed by atoms with van der Waals surface area (Å²) < 4.78 is 17.1. The van der Waals surface area contributed by atoms with E-state index in [-0.39, 0.29) is 11.6 Å². The van der Waals surface area contributed by atoms with E-state index >= 15 is 0 Å². The molecule has 1 aliphatic rings. The molecular formula is C24H30N4O5. The smallest absolute Gasteiger partial charge is 0.335 e. The highest BCUT2D eigenvalue weighted by Gasteiger charge is 2.22. The quantitative estimate of drug-likeness (QED) is 0.412. The first-order valence-corrected chi connectivity index (χ1v) is 11.3. The van der Waals surface area contributed by atoms with Crippen LogP contribution in [0.5, 0.6) is 11.5 Å². The van der Waals surface area contributed by atoms with Crippen LogP contribution in [-0.4, -0.2) is 53.3 Å². The highest BCUT2D eigenvalue weighted by atomic mass is 16.5. The van der Waals surface area contributed by atoms with Gasteiger partial charge in [0.1, 0.15) is 22.7 Å². The Bertz CT molecular complexity index is 1090. The van der Waals surface area contributed by atoms with E-state index < -0.39 is 5.97 Å². The summed E-state index contributed by atoms with van der Waals surface area (Å²) in [7, 11) is 0. The van der Waals surface area contributed by atoms with E-state index in [0.29, 0.717) is 47.5 Å². The molecule has 33 heavy (non-hydrogen) atoms. The second-order valence-corrected chi connectivity index (χ2v) is 8.07. The number of nitrogens with two attached hydrogens (primary N) is 1. The summed E-state index contributed by atoms with van der Waals surface area (Å²) in [6, 6.07) is 9.34. The summed E-state index contributed by atoms with van der Waals surface area (Å²) in [6.45, 7) is 7.58. The minimum Gasteiger partial charge on any atom is -0.492 e. The fourth-order valence-corrected chi connectivity index (χ4v) is 4.08. The molecule has 9 heteroatoms. The Kier molecular flexibility index (Phi) is 6.88. The molecule has 0 amide bonds. The van der Waals surface area contributed by atoms with Crippen LogP contribution < -0.4 is 20.5 Å². The van der Waals surface area contributed by atoms with Gasteiger partial charge in [0, 0.05) is 25.7 Å². The third kappa shape index (κ3) is 5.31. The monoisotopic (exact) mass is 454 g/mol. The van der Waals surface area contributed by atoms with Crippen LogP contribution in [0.3, 0.4) is 0 Å². The number of likely N-dealkylation sites (tertiary alicyclic amines) is 1. The van der Waals surface area contributed by atoms with Crippen LogP contribution in [0, 0.1) is 0 Å². The van der Waals surface area contributed by atoms with E-state index in [1.807, 2.05) is 26.0 Å². The number of nitrogen functional groups attached to an aromatic ring is 1. The number of fused-ring (bicyclic) bond motifs is 1. The zero-order valence-corrected chi connectivity index (χ0v) is 19.0. The molecule has 2 heterocycles. The van der Waals surface area contributed by atoms with Crippen molar-refractivity contribution in [2.75, 3.05) is 37.4 Å². The number of aromatic carboxylic acids is 1. The number of carboxylic acid groups (broad SMARTS) is 1. The molecule has 176 valence electrons. The Hall–Kier alpha value is -3.46. The van der Waals surface area contributed by atoms with E-state index in [2.05, 4.69) is 15.2 Å². The molecule has 0 aliphatic carbocycles. The first kappa shape index (κ1) is 22.7. The van der Waals surface area contributed by atoms with Crippen LogP contribution in [0.2, 0.25) is 0 Å². The summed E-state index contributed by atoms with van der Waals surface area (Å²) >= 11 is 0. The second kappa shape index (κ2) is 9.99. The van der Waals surface area contributed by atoms with Gasteiger partial charge in [-0.15, -0.1) is 0 Å². The first-order valence-electron chi connectivity index (χ1n) is 11.3. The van der Waals surface area contributed by atoms with Crippen molar-refractivity contribution in [3.05, 3.63) is 41.5 Å². The van der Waals surface area contributed by atoms with E-state index in [4.69, 9.17) is 24.7 Å². The van der Waals surface area contributed by atoms with E-state index in [9.17, 15) is 4.79 Å². The standard InChI is InChI=1S/C24H30N4O5/c1-3-31-20-11-15(12-21(22(20)25)32-4-2)14-28-9-7-17(8-10-28)26-24-27-18-6-5-16(23(29)30)13-19(18)33-24/h5-6,11-13,17H,3-4,7-10,14,25H2,1-2H3,(H,26,27)(H,29,30). The van der Waals surface area contributed by atoms with Gasteiger partial charge in [-0.05, 0) is 62.6 Å². The van der Waals surface area contributed by atoms with Crippen molar-refractivity contribution in [3.8, 4) is 11.5 Å². The fraction of sp³-hybridized carbons (Fsp3) is 0.417. The minimum absolute atomic E-state index is 0.182. The Balaban J connectivity index is 1.36. The highest BCUT2D eigenvalue weighted by molar-refractivity contribution is 5.92. The van der Waals surface area contributed by atoms with Gasteiger partial charge in [0.25, 0.3) is 6.01 Å². The third-order valence-corrected chi connectivity index (χ3v) is 5.72. The number of ether oxygens (including phenoxy) is 2. The molecule has 0 bridgehead atoms. The van der Waals surface area contributed by atoms with Gasteiger partial charge in [0.15, 0.2) is 5.58 Å². The lowest BCUT2D eigenvalue weighted by molar-refractivity contribution is 0.0697. The van der Waals surface area contributed by atoms with Gasteiger partial charge in [0.2, 0.25) is 0 Å². The number of rotatable bonds is 9.